The van der Waals surface area contributed by atoms with E-state index in [0.717, 1.165) is 19.3 Å². The fourth-order valence-corrected chi connectivity index (χ4v) is 6.31. The first-order chi connectivity index (χ1) is 14.5. The van der Waals surface area contributed by atoms with Crippen LogP contribution >= 0.6 is 35.1 Å². The van der Waals surface area contributed by atoms with Gasteiger partial charge in [0.1, 0.15) is 0 Å². The molecule has 1 amide bonds. The van der Waals surface area contributed by atoms with E-state index in [0.29, 0.717) is 26.8 Å². The summed E-state index contributed by atoms with van der Waals surface area (Å²) in [4.78, 5) is 21.5. The molecule has 1 fully saturated rings. The van der Waals surface area contributed by atoms with E-state index < -0.39 is 5.91 Å². The van der Waals surface area contributed by atoms with Crippen molar-refractivity contribution in [2.24, 2.45) is 5.92 Å². The number of benzene rings is 1. The molecule has 0 saturated heterocycles. The lowest BCUT2D eigenvalue weighted by Crippen LogP contribution is -2.23. The third-order valence-electron chi connectivity index (χ3n) is 5.32. The summed E-state index contributed by atoms with van der Waals surface area (Å²) in [6.45, 7) is 2.05. The molecule has 154 valence electrons. The van der Waals surface area contributed by atoms with Gasteiger partial charge >= 0.3 is 0 Å². The minimum atomic E-state index is -0.395. The molecule has 0 unspecified atom stereocenters. The van der Waals surface area contributed by atoms with Crippen molar-refractivity contribution in [1.29, 1.82) is 5.26 Å². The number of carbonyl (C=O) groups is 1. The molecule has 2 aromatic rings. The maximum absolute atomic E-state index is 12.9. The van der Waals surface area contributed by atoms with Crippen LogP contribution in [-0.2, 0) is 5.75 Å². The highest BCUT2D eigenvalue weighted by Gasteiger charge is 2.38. The van der Waals surface area contributed by atoms with E-state index in [1.807, 2.05) is 6.07 Å². The minimum absolute atomic E-state index is 0.138. The van der Waals surface area contributed by atoms with E-state index >= 15 is 0 Å². The Morgan fingerprint density at radius 3 is 3.03 bits per heavy atom. The predicted octanol–water partition coefficient (Wildman–Crippen LogP) is 5.50. The third kappa shape index (κ3) is 4.66. The van der Waals surface area contributed by atoms with E-state index in [9.17, 15) is 10.1 Å². The van der Waals surface area contributed by atoms with Crippen molar-refractivity contribution in [3.8, 4) is 6.07 Å². The number of hydrogen-bond donors (Lipinski definition) is 1. The number of nitrogens with zero attached hydrogens (tertiary/aromatic N) is 3. The monoisotopic (exact) mass is 456 g/mol. The third-order valence-corrected chi connectivity index (χ3v) is 7.96. The molecule has 0 spiro atoms. The number of nitriles is 1. The molecular weight excluding hydrogens is 436 g/mol. The molecule has 0 bridgehead atoms. The zero-order chi connectivity index (χ0) is 21.1. The van der Waals surface area contributed by atoms with Crippen molar-refractivity contribution >= 4 is 41.0 Å². The molecule has 4 rings (SSSR count). The number of aryl methyl sites for hydroxylation is 1. The van der Waals surface area contributed by atoms with Crippen molar-refractivity contribution in [1.82, 2.24) is 15.3 Å². The van der Waals surface area contributed by atoms with Crippen molar-refractivity contribution in [3.05, 3.63) is 62.9 Å². The van der Waals surface area contributed by atoms with Gasteiger partial charge in [0.05, 0.1) is 27.9 Å². The van der Waals surface area contributed by atoms with Crippen LogP contribution in [-0.4, -0.2) is 21.1 Å². The van der Waals surface area contributed by atoms with Crippen LogP contribution in [0.25, 0.3) is 0 Å². The van der Waals surface area contributed by atoms with Crippen LogP contribution in [0.4, 0.5) is 0 Å². The van der Waals surface area contributed by atoms with Gasteiger partial charge in [0.25, 0.3) is 5.91 Å². The Hall–Kier alpha value is -2.01. The van der Waals surface area contributed by atoms with Crippen LogP contribution in [0, 0.1) is 24.2 Å². The largest absolute Gasteiger partial charge is 0.314 e. The summed E-state index contributed by atoms with van der Waals surface area (Å²) in [5.41, 5.74) is 3.19. The quantitative estimate of drug-likeness (QED) is 0.472. The molecule has 1 N–H and O–H groups in total. The summed E-state index contributed by atoms with van der Waals surface area (Å²) in [7, 11) is 0. The molecule has 30 heavy (non-hydrogen) atoms. The van der Waals surface area contributed by atoms with Gasteiger partial charge in [-0.2, -0.15) is 5.26 Å². The average molecular weight is 457 g/mol. The molecular formula is C22H21ClN4OS2. The lowest BCUT2D eigenvalue weighted by atomic mass is 9.84. The second-order valence-corrected chi connectivity index (χ2v) is 10.1. The highest BCUT2D eigenvalue weighted by atomic mass is 35.5. The first-order valence-electron chi connectivity index (χ1n) is 9.88. The number of amides is 1. The van der Waals surface area contributed by atoms with E-state index in [2.05, 4.69) is 46.5 Å². The zero-order valence-corrected chi connectivity index (χ0v) is 18.9. The number of rotatable bonds is 5. The highest BCUT2D eigenvalue weighted by Crippen LogP contribution is 2.47. The Balaban J connectivity index is 1.48. The summed E-state index contributed by atoms with van der Waals surface area (Å²) < 4.78 is 0. The maximum Gasteiger partial charge on any atom is 0.276 e. The Morgan fingerprint density at radius 2 is 2.23 bits per heavy atom. The highest BCUT2D eigenvalue weighted by molar-refractivity contribution is 8.04. The Labute approximate surface area is 189 Å². The van der Waals surface area contributed by atoms with E-state index in [1.54, 1.807) is 11.8 Å². The Bertz CT molecular complexity index is 1050. The second kappa shape index (κ2) is 9.42. The van der Waals surface area contributed by atoms with E-state index in [4.69, 9.17) is 11.6 Å². The fraction of sp³-hybridized carbons (Fsp3) is 0.364. The van der Waals surface area contributed by atoms with Crippen LogP contribution in [0.5, 0.6) is 0 Å². The van der Waals surface area contributed by atoms with Crippen molar-refractivity contribution in [2.75, 3.05) is 0 Å². The summed E-state index contributed by atoms with van der Waals surface area (Å²) >= 11 is 9.28. The van der Waals surface area contributed by atoms with Crippen LogP contribution in [0.15, 0.2) is 46.2 Å². The fourth-order valence-electron chi connectivity index (χ4n) is 3.87. The van der Waals surface area contributed by atoms with Gasteiger partial charge in [-0.3, -0.25) is 4.79 Å². The van der Waals surface area contributed by atoms with Gasteiger partial charge in [0.15, 0.2) is 10.9 Å². The van der Waals surface area contributed by atoms with Crippen molar-refractivity contribution < 1.29 is 4.79 Å². The summed E-state index contributed by atoms with van der Waals surface area (Å²) in [6.07, 6.45) is 5.85. The number of allylic oxidation sites excluding steroid dienone is 1. The lowest BCUT2D eigenvalue weighted by molar-refractivity contribution is 0.0963. The van der Waals surface area contributed by atoms with Crippen molar-refractivity contribution in [3.63, 3.8) is 0 Å². The van der Waals surface area contributed by atoms with Gasteiger partial charge in [-0.25, -0.2) is 9.97 Å². The van der Waals surface area contributed by atoms with Gasteiger partial charge in [0.2, 0.25) is 0 Å². The Kier molecular flexibility index (Phi) is 6.67. The molecule has 8 heteroatoms. The molecule has 5 nitrogen and oxygen atoms in total. The summed E-state index contributed by atoms with van der Waals surface area (Å²) in [5, 5.41) is 14.3. The first kappa shape index (κ1) is 21.2. The smallest absolute Gasteiger partial charge is 0.276 e. The van der Waals surface area contributed by atoms with E-state index in [-0.39, 0.29) is 16.6 Å². The maximum atomic E-state index is 12.9. The van der Waals surface area contributed by atoms with Gasteiger partial charge in [-0.05, 0) is 25.3 Å². The second-order valence-electron chi connectivity index (χ2n) is 7.48. The SMILES string of the molecule is Cc1cccc(CSc2ncc(Cl)c(C(=O)NC3=C(C#N)[C@@H]4CCCC[C@@H]4S3)n2)c1. The molecule has 2 heterocycles. The number of nitrogens with one attached hydrogen (secondary N) is 1. The standard InChI is InChI=1S/C22H21ClN4OS2/c1-13-5-4-6-14(9-13)12-29-22-25-11-17(23)19(26-22)20(28)27-21-16(10-24)15-7-2-3-8-18(15)30-21/h4-6,9,11,15,18H,2-3,7-8,12H2,1H3,(H,27,28)/t15-,18-/m0/s1. The zero-order valence-electron chi connectivity index (χ0n) is 16.5. The van der Waals surface area contributed by atoms with Crippen LogP contribution in [0.1, 0.15) is 47.3 Å². The van der Waals surface area contributed by atoms with Crippen molar-refractivity contribution in [2.45, 2.75) is 48.8 Å². The number of carbonyl (C=O) groups excluding carboxylic acids is 1. The minimum Gasteiger partial charge on any atom is -0.314 e. The number of hydrogen-bond acceptors (Lipinski definition) is 6. The summed E-state index contributed by atoms with van der Waals surface area (Å²) in [5.74, 6) is 0.548. The number of aromatic nitrogens is 2. The van der Waals surface area contributed by atoms with Crippen LogP contribution in [0.3, 0.4) is 0 Å². The molecule has 1 aliphatic heterocycles. The molecule has 1 aromatic heterocycles. The normalized spacial score (nSPS) is 20.6. The molecule has 2 atom stereocenters. The molecule has 1 aliphatic carbocycles. The predicted molar refractivity (Wildman–Crippen MR) is 121 cm³/mol. The number of fused-ring (bicyclic) bond motifs is 1. The molecule has 1 aromatic carbocycles. The van der Waals surface area contributed by atoms with Gasteiger partial charge < -0.3 is 5.32 Å². The lowest BCUT2D eigenvalue weighted by Gasteiger charge is -2.24. The number of thioether (sulfide) groups is 2. The molecule has 2 aliphatic rings. The molecule has 1 saturated carbocycles. The van der Waals surface area contributed by atoms with Crippen LogP contribution in [0.2, 0.25) is 5.02 Å². The van der Waals surface area contributed by atoms with E-state index in [1.165, 1.54) is 35.5 Å². The van der Waals surface area contributed by atoms with Gasteiger partial charge in [-0.1, -0.05) is 66.0 Å². The Morgan fingerprint density at radius 1 is 1.40 bits per heavy atom. The summed E-state index contributed by atoms with van der Waals surface area (Å²) in [6, 6.07) is 10.5. The van der Waals surface area contributed by atoms with Gasteiger partial charge in [0, 0.05) is 16.9 Å². The van der Waals surface area contributed by atoms with Crippen LogP contribution < -0.4 is 5.32 Å². The first-order valence-corrected chi connectivity index (χ1v) is 12.1. The topological polar surface area (TPSA) is 78.7 Å². The van der Waals surface area contributed by atoms with Gasteiger partial charge in [-0.15, -0.1) is 11.8 Å². The average Bonchev–Trinajstić information content (AvgIpc) is 3.10. The molecule has 0 radical (unpaired) electrons. The number of halogens is 1.